The molecule has 1 heterocycles. The van der Waals surface area contributed by atoms with E-state index in [1.165, 1.54) is 42.2 Å². The van der Waals surface area contributed by atoms with Crippen LogP contribution in [0.1, 0.15) is 19.8 Å². The minimum atomic E-state index is -3.95. The van der Waals surface area contributed by atoms with Gasteiger partial charge in [0.15, 0.2) is 9.84 Å². The third-order valence-corrected chi connectivity index (χ3v) is 8.57. The molecule has 0 bridgehead atoms. The van der Waals surface area contributed by atoms with Crippen molar-refractivity contribution in [3.05, 3.63) is 59.6 Å². The van der Waals surface area contributed by atoms with Crippen molar-refractivity contribution in [2.45, 2.75) is 41.6 Å². The molecular weight excluding hydrogens is 448 g/mol. The molecule has 0 aliphatic carbocycles. The Morgan fingerprint density at radius 3 is 2.43 bits per heavy atom. The molecule has 7 nitrogen and oxygen atoms in total. The number of amides is 1. The summed E-state index contributed by atoms with van der Waals surface area (Å²) in [7, 11) is -7.52. The fraction of sp³-hybridized carbons (Fsp3) is 0.350. The van der Waals surface area contributed by atoms with Gasteiger partial charge in [0.2, 0.25) is 15.9 Å². The smallest absolute Gasteiger partial charge is 0.241 e. The first-order valence-electron chi connectivity index (χ1n) is 9.46. The van der Waals surface area contributed by atoms with Crippen LogP contribution >= 0.6 is 11.6 Å². The molecule has 162 valence electrons. The van der Waals surface area contributed by atoms with Crippen molar-refractivity contribution in [3.8, 4) is 0 Å². The maximum absolute atomic E-state index is 12.9. The topological polar surface area (TPSA) is 101 Å². The molecule has 1 fully saturated rings. The number of hydrogen-bond acceptors (Lipinski definition) is 5. The largest absolute Gasteiger partial charge is 0.337 e. The van der Waals surface area contributed by atoms with Gasteiger partial charge in [0.25, 0.3) is 0 Å². The van der Waals surface area contributed by atoms with Crippen LogP contribution in [0.4, 0.5) is 0 Å². The summed E-state index contributed by atoms with van der Waals surface area (Å²) in [5, 5.41) is 0.266. The van der Waals surface area contributed by atoms with Gasteiger partial charge in [-0.2, -0.15) is 4.72 Å². The molecule has 1 aliphatic heterocycles. The molecule has 2 aromatic carbocycles. The highest BCUT2D eigenvalue weighted by atomic mass is 35.5. The lowest BCUT2D eigenvalue weighted by molar-refractivity contribution is -0.133. The van der Waals surface area contributed by atoms with E-state index in [4.69, 9.17) is 11.6 Å². The number of nitrogens with zero attached hydrogens (tertiary/aromatic N) is 1. The van der Waals surface area contributed by atoms with Gasteiger partial charge < -0.3 is 4.90 Å². The van der Waals surface area contributed by atoms with Crippen LogP contribution in [-0.4, -0.2) is 52.0 Å². The van der Waals surface area contributed by atoms with E-state index in [9.17, 15) is 21.6 Å². The van der Waals surface area contributed by atoms with Gasteiger partial charge in [-0.15, -0.1) is 0 Å². The van der Waals surface area contributed by atoms with Crippen molar-refractivity contribution >= 4 is 37.4 Å². The van der Waals surface area contributed by atoms with Gasteiger partial charge >= 0.3 is 0 Å². The molecule has 10 heteroatoms. The molecule has 0 radical (unpaired) electrons. The van der Waals surface area contributed by atoms with E-state index in [2.05, 4.69) is 4.72 Å². The molecule has 1 aliphatic rings. The fourth-order valence-corrected chi connectivity index (χ4v) is 6.63. The molecule has 3 rings (SSSR count). The standard InChI is InChI=1S/C20H23ClN2O5S2/c1-15(22-30(27,28)19-11-5-7-16(21)13-19)20(24)23-12-6-8-17(23)14-29(25,26)18-9-3-2-4-10-18/h2-5,7,9-11,13,15,17,22H,6,8,12,14H2,1H3. The monoisotopic (exact) mass is 470 g/mol. The van der Waals surface area contributed by atoms with Crippen molar-refractivity contribution in [1.82, 2.24) is 9.62 Å². The van der Waals surface area contributed by atoms with Crippen LogP contribution in [0.3, 0.4) is 0 Å². The van der Waals surface area contributed by atoms with E-state index in [1.807, 2.05) is 0 Å². The average molecular weight is 471 g/mol. The Hall–Kier alpha value is -1.94. The fourth-order valence-electron chi connectivity index (χ4n) is 3.51. The maximum atomic E-state index is 12.9. The first-order valence-corrected chi connectivity index (χ1v) is 13.0. The number of benzene rings is 2. The molecule has 1 amide bonds. The van der Waals surface area contributed by atoms with E-state index in [0.717, 1.165) is 0 Å². The third kappa shape index (κ3) is 5.21. The van der Waals surface area contributed by atoms with Gasteiger partial charge in [0, 0.05) is 17.6 Å². The number of hydrogen-bond donors (Lipinski definition) is 1. The molecule has 2 unspecified atom stereocenters. The highest BCUT2D eigenvalue weighted by Crippen LogP contribution is 2.23. The van der Waals surface area contributed by atoms with Gasteiger partial charge in [-0.25, -0.2) is 16.8 Å². The SMILES string of the molecule is CC(NS(=O)(=O)c1cccc(Cl)c1)C(=O)N1CCCC1CS(=O)(=O)c1ccccc1. The molecule has 0 aromatic heterocycles. The lowest BCUT2D eigenvalue weighted by atomic mass is 10.2. The summed E-state index contributed by atoms with van der Waals surface area (Å²) in [4.78, 5) is 14.6. The van der Waals surface area contributed by atoms with E-state index in [1.54, 1.807) is 24.3 Å². The highest BCUT2D eigenvalue weighted by Gasteiger charge is 2.36. The van der Waals surface area contributed by atoms with Gasteiger partial charge in [0.05, 0.1) is 21.6 Å². The molecule has 2 aromatic rings. The summed E-state index contributed by atoms with van der Waals surface area (Å²) in [6, 6.07) is 12.3. The zero-order valence-corrected chi connectivity index (χ0v) is 18.8. The minimum absolute atomic E-state index is 0.0423. The summed E-state index contributed by atoms with van der Waals surface area (Å²) in [5.74, 6) is -0.650. The zero-order valence-electron chi connectivity index (χ0n) is 16.4. The van der Waals surface area contributed by atoms with Gasteiger partial charge in [-0.3, -0.25) is 4.79 Å². The number of halogens is 1. The summed E-state index contributed by atoms with van der Waals surface area (Å²) < 4.78 is 52.9. The van der Waals surface area contributed by atoms with Crippen molar-refractivity contribution < 1.29 is 21.6 Å². The Morgan fingerprint density at radius 2 is 1.77 bits per heavy atom. The number of carbonyl (C=O) groups is 1. The zero-order chi connectivity index (χ0) is 21.9. The second-order valence-corrected chi connectivity index (χ2v) is 11.4. The van der Waals surface area contributed by atoms with E-state index < -0.39 is 37.9 Å². The summed E-state index contributed by atoms with van der Waals surface area (Å²) in [5.41, 5.74) is 0. The van der Waals surface area contributed by atoms with Gasteiger partial charge in [0.1, 0.15) is 0 Å². The van der Waals surface area contributed by atoms with Gasteiger partial charge in [-0.1, -0.05) is 35.9 Å². The predicted octanol–water partition coefficient (Wildman–Crippen LogP) is 2.47. The third-order valence-electron chi connectivity index (χ3n) is 4.98. The predicted molar refractivity (Wildman–Crippen MR) is 114 cm³/mol. The van der Waals surface area contributed by atoms with E-state index in [0.29, 0.717) is 19.4 Å². The number of rotatable bonds is 7. The number of sulfone groups is 1. The Bertz CT molecular complexity index is 1120. The summed E-state index contributed by atoms with van der Waals surface area (Å²) >= 11 is 5.86. The van der Waals surface area contributed by atoms with Crippen LogP contribution in [0.15, 0.2) is 64.4 Å². The van der Waals surface area contributed by atoms with E-state index >= 15 is 0 Å². The molecule has 0 spiro atoms. The van der Waals surface area contributed by atoms with Crippen LogP contribution in [0.5, 0.6) is 0 Å². The quantitative estimate of drug-likeness (QED) is 0.669. The lowest BCUT2D eigenvalue weighted by Gasteiger charge is -2.27. The minimum Gasteiger partial charge on any atom is -0.337 e. The summed E-state index contributed by atoms with van der Waals surface area (Å²) in [6.45, 7) is 1.84. The first-order chi connectivity index (χ1) is 14.1. The van der Waals surface area contributed by atoms with Crippen molar-refractivity contribution in [2.24, 2.45) is 0 Å². The van der Waals surface area contributed by atoms with Crippen LogP contribution in [0, 0.1) is 0 Å². The maximum Gasteiger partial charge on any atom is 0.241 e. The van der Waals surface area contributed by atoms with Crippen LogP contribution < -0.4 is 4.72 Å². The average Bonchev–Trinajstić information content (AvgIpc) is 3.15. The van der Waals surface area contributed by atoms with Crippen LogP contribution in [0.2, 0.25) is 5.02 Å². The Morgan fingerprint density at radius 1 is 1.10 bits per heavy atom. The molecule has 1 saturated heterocycles. The normalized spacial score (nSPS) is 18.3. The van der Waals surface area contributed by atoms with Gasteiger partial charge in [-0.05, 0) is 50.1 Å². The molecular formula is C20H23ClN2O5S2. The van der Waals surface area contributed by atoms with Crippen LogP contribution in [0.25, 0.3) is 0 Å². The lowest BCUT2D eigenvalue weighted by Crippen LogP contribution is -2.49. The van der Waals surface area contributed by atoms with Crippen molar-refractivity contribution in [2.75, 3.05) is 12.3 Å². The molecule has 0 saturated carbocycles. The first kappa shape index (κ1) is 22.7. The second kappa shape index (κ2) is 9.05. The number of likely N-dealkylation sites (tertiary alicyclic amines) is 1. The summed E-state index contributed by atoms with van der Waals surface area (Å²) in [6.07, 6.45) is 1.21. The Kier molecular flexibility index (Phi) is 6.86. The molecule has 30 heavy (non-hydrogen) atoms. The van der Waals surface area contributed by atoms with E-state index in [-0.39, 0.29) is 20.6 Å². The second-order valence-electron chi connectivity index (χ2n) is 7.22. The van der Waals surface area contributed by atoms with Crippen molar-refractivity contribution in [3.63, 3.8) is 0 Å². The van der Waals surface area contributed by atoms with Crippen LogP contribution in [-0.2, 0) is 24.7 Å². The number of sulfonamides is 1. The highest BCUT2D eigenvalue weighted by molar-refractivity contribution is 7.91. The number of nitrogens with one attached hydrogen (secondary N) is 1. The molecule has 2 atom stereocenters. The Labute approximate surface area is 182 Å². The van der Waals surface area contributed by atoms with Crippen molar-refractivity contribution in [1.29, 1.82) is 0 Å². The Balaban J connectivity index is 1.72. The molecule has 1 N–H and O–H groups in total. The number of carbonyl (C=O) groups excluding carboxylic acids is 1.